The first-order valence-electron chi connectivity index (χ1n) is 9.94. The quantitative estimate of drug-likeness (QED) is 0.425. The maximum absolute atomic E-state index is 13.0. The molecule has 1 amide bonds. The molecule has 160 valence electrons. The summed E-state index contributed by atoms with van der Waals surface area (Å²) in [4.78, 5) is 31.8. The van der Waals surface area contributed by atoms with E-state index in [1.54, 1.807) is 55.5 Å². The van der Waals surface area contributed by atoms with Gasteiger partial charge in [0.15, 0.2) is 0 Å². The molecule has 0 fully saturated rings. The molecule has 0 atom stereocenters. The SMILES string of the molecule is Cc1cc(=O)[nH]c(-c2cccc(NC(=O)c3ccccc3OCc3ccccc3Cl)c2)n1. The predicted molar refractivity (Wildman–Crippen MR) is 125 cm³/mol. The third-order valence-electron chi connectivity index (χ3n) is 4.74. The number of ether oxygens (including phenoxy) is 1. The van der Waals surface area contributed by atoms with E-state index in [9.17, 15) is 9.59 Å². The summed E-state index contributed by atoms with van der Waals surface area (Å²) in [5.41, 5.74) is 2.86. The Balaban J connectivity index is 1.53. The molecule has 0 aliphatic rings. The third-order valence-corrected chi connectivity index (χ3v) is 5.11. The molecular weight excluding hydrogens is 426 g/mol. The van der Waals surface area contributed by atoms with Crippen LogP contribution in [0.1, 0.15) is 21.6 Å². The zero-order valence-electron chi connectivity index (χ0n) is 17.3. The molecule has 7 heteroatoms. The summed E-state index contributed by atoms with van der Waals surface area (Å²) < 4.78 is 5.89. The lowest BCUT2D eigenvalue weighted by molar-refractivity contribution is 0.102. The lowest BCUT2D eigenvalue weighted by atomic mass is 10.1. The molecule has 0 aliphatic heterocycles. The molecule has 0 unspecified atom stereocenters. The summed E-state index contributed by atoms with van der Waals surface area (Å²) in [7, 11) is 0. The van der Waals surface area contributed by atoms with Crippen molar-refractivity contribution < 1.29 is 9.53 Å². The van der Waals surface area contributed by atoms with Gasteiger partial charge in [-0.25, -0.2) is 4.98 Å². The number of H-pyrrole nitrogens is 1. The number of carbonyl (C=O) groups excluding carboxylic acids is 1. The Morgan fingerprint density at radius 2 is 1.81 bits per heavy atom. The number of aryl methyl sites for hydroxylation is 1. The van der Waals surface area contributed by atoms with Crippen LogP contribution < -0.4 is 15.6 Å². The van der Waals surface area contributed by atoms with Crippen LogP contribution in [0.4, 0.5) is 5.69 Å². The van der Waals surface area contributed by atoms with Crippen molar-refractivity contribution in [1.29, 1.82) is 0 Å². The van der Waals surface area contributed by atoms with E-state index in [0.29, 0.717) is 39.1 Å². The second kappa shape index (κ2) is 9.49. The Kier molecular flexibility index (Phi) is 6.33. The highest BCUT2D eigenvalue weighted by Crippen LogP contribution is 2.24. The number of aromatic amines is 1. The number of amides is 1. The number of aromatic nitrogens is 2. The van der Waals surface area contributed by atoms with E-state index in [1.165, 1.54) is 6.07 Å². The first-order chi connectivity index (χ1) is 15.5. The Morgan fingerprint density at radius 3 is 2.62 bits per heavy atom. The van der Waals surface area contributed by atoms with E-state index in [4.69, 9.17) is 16.3 Å². The Bertz CT molecular complexity index is 1330. The van der Waals surface area contributed by atoms with Gasteiger partial charge in [-0.15, -0.1) is 0 Å². The van der Waals surface area contributed by atoms with E-state index < -0.39 is 0 Å². The largest absolute Gasteiger partial charge is 0.488 e. The molecular formula is C25H20ClN3O3. The number of carbonyl (C=O) groups is 1. The van der Waals surface area contributed by atoms with E-state index in [0.717, 1.165) is 5.56 Å². The van der Waals surface area contributed by atoms with Crippen molar-refractivity contribution in [3.63, 3.8) is 0 Å². The second-order valence-electron chi connectivity index (χ2n) is 7.15. The second-order valence-corrected chi connectivity index (χ2v) is 7.55. The fourth-order valence-corrected chi connectivity index (χ4v) is 3.40. The Hall–Kier alpha value is -3.90. The molecule has 0 saturated heterocycles. The van der Waals surface area contributed by atoms with Crippen molar-refractivity contribution in [3.8, 4) is 17.1 Å². The number of benzene rings is 3. The summed E-state index contributed by atoms with van der Waals surface area (Å²) >= 11 is 6.20. The van der Waals surface area contributed by atoms with Crippen LogP contribution in [0.15, 0.2) is 83.7 Å². The monoisotopic (exact) mass is 445 g/mol. The van der Waals surface area contributed by atoms with Crippen molar-refractivity contribution in [1.82, 2.24) is 9.97 Å². The third kappa shape index (κ3) is 5.04. The molecule has 4 aromatic rings. The van der Waals surface area contributed by atoms with Crippen LogP contribution in [0.5, 0.6) is 5.75 Å². The van der Waals surface area contributed by atoms with Gasteiger partial charge in [-0.2, -0.15) is 0 Å². The standard InChI is InChI=1S/C25H20ClN3O3/c1-16-13-23(30)29-24(27-16)17-8-6-9-19(14-17)28-25(31)20-10-3-5-12-22(20)32-15-18-7-2-4-11-21(18)26/h2-14H,15H2,1H3,(H,28,31)(H,27,29,30). The van der Waals surface area contributed by atoms with Gasteiger partial charge in [-0.1, -0.05) is 54.1 Å². The molecule has 2 N–H and O–H groups in total. The van der Waals surface area contributed by atoms with Crippen molar-refractivity contribution in [2.45, 2.75) is 13.5 Å². The molecule has 6 nitrogen and oxygen atoms in total. The summed E-state index contributed by atoms with van der Waals surface area (Å²) in [6.45, 7) is 2.00. The van der Waals surface area contributed by atoms with Gasteiger partial charge in [0.2, 0.25) is 0 Å². The van der Waals surface area contributed by atoms with Gasteiger partial charge in [-0.05, 0) is 37.3 Å². The molecule has 0 spiro atoms. The Labute approximate surface area is 189 Å². The molecule has 1 heterocycles. The maximum Gasteiger partial charge on any atom is 0.259 e. The molecule has 1 aromatic heterocycles. The minimum Gasteiger partial charge on any atom is -0.488 e. The van der Waals surface area contributed by atoms with Crippen LogP contribution in [0.3, 0.4) is 0 Å². The number of rotatable bonds is 6. The molecule has 0 radical (unpaired) electrons. The van der Waals surface area contributed by atoms with E-state index in [2.05, 4.69) is 15.3 Å². The van der Waals surface area contributed by atoms with E-state index in [-0.39, 0.29) is 18.1 Å². The zero-order valence-corrected chi connectivity index (χ0v) is 18.0. The molecule has 32 heavy (non-hydrogen) atoms. The van der Waals surface area contributed by atoms with Gasteiger partial charge in [0.05, 0.1) is 5.56 Å². The number of halogens is 1. The minimum atomic E-state index is -0.317. The molecule has 0 bridgehead atoms. The van der Waals surface area contributed by atoms with Gasteiger partial charge in [0, 0.05) is 33.6 Å². The summed E-state index contributed by atoms with van der Waals surface area (Å²) in [5, 5.41) is 3.49. The zero-order chi connectivity index (χ0) is 22.5. The van der Waals surface area contributed by atoms with Crippen LogP contribution in [0.2, 0.25) is 5.02 Å². The fraction of sp³-hybridized carbons (Fsp3) is 0.0800. The van der Waals surface area contributed by atoms with Gasteiger partial charge >= 0.3 is 0 Å². The molecule has 0 saturated carbocycles. The first-order valence-corrected chi connectivity index (χ1v) is 10.3. The van der Waals surface area contributed by atoms with Gasteiger partial charge in [0.1, 0.15) is 18.2 Å². The Morgan fingerprint density at radius 1 is 1.03 bits per heavy atom. The average Bonchev–Trinajstić information content (AvgIpc) is 2.78. The number of hydrogen-bond donors (Lipinski definition) is 2. The molecule has 3 aromatic carbocycles. The van der Waals surface area contributed by atoms with Crippen LogP contribution in [-0.2, 0) is 6.61 Å². The topological polar surface area (TPSA) is 84.1 Å². The number of anilines is 1. The van der Waals surface area contributed by atoms with Crippen molar-refractivity contribution >= 4 is 23.2 Å². The summed E-state index contributed by atoms with van der Waals surface area (Å²) in [5.74, 6) is 0.572. The van der Waals surface area contributed by atoms with Gasteiger partial charge in [0.25, 0.3) is 11.5 Å². The van der Waals surface area contributed by atoms with E-state index >= 15 is 0 Å². The minimum absolute atomic E-state index is 0.230. The van der Waals surface area contributed by atoms with Crippen molar-refractivity contribution in [2.24, 2.45) is 0 Å². The molecule has 0 aliphatic carbocycles. The van der Waals surface area contributed by atoms with Crippen LogP contribution in [0.25, 0.3) is 11.4 Å². The first kappa shape index (κ1) is 21.3. The highest BCUT2D eigenvalue weighted by atomic mass is 35.5. The summed E-state index contributed by atoms with van der Waals surface area (Å²) in [6, 6.07) is 23.0. The van der Waals surface area contributed by atoms with Crippen molar-refractivity contribution in [3.05, 3.63) is 111 Å². The fourth-order valence-electron chi connectivity index (χ4n) is 3.21. The predicted octanol–water partition coefficient (Wildman–Crippen LogP) is 5.23. The lowest BCUT2D eigenvalue weighted by Gasteiger charge is -2.13. The number of hydrogen-bond acceptors (Lipinski definition) is 4. The number of nitrogens with one attached hydrogen (secondary N) is 2. The van der Waals surface area contributed by atoms with Gasteiger partial charge in [-0.3, -0.25) is 9.59 Å². The lowest BCUT2D eigenvalue weighted by Crippen LogP contribution is -2.14. The van der Waals surface area contributed by atoms with Crippen LogP contribution >= 0.6 is 11.6 Å². The number of para-hydroxylation sites is 1. The smallest absolute Gasteiger partial charge is 0.259 e. The number of nitrogens with zero attached hydrogens (tertiary/aromatic N) is 1. The van der Waals surface area contributed by atoms with Crippen molar-refractivity contribution in [2.75, 3.05) is 5.32 Å². The average molecular weight is 446 g/mol. The van der Waals surface area contributed by atoms with Crippen LogP contribution in [0, 0.1) is 6.92 Å². The highest BCUT2D eigenvalue weighted by Gasteiger charge is 2.14. The highest BCUT2D eigenvalue weighted by molar-refractivity contribution is 6.31. The van der Waals surface area contributed by atoms with Gasteiger partial charge < -0.3 is 15.0 Å². The molecule has 4 rings (SSSR count). The normalized spacial score (nSPS) is 10.6. The van der Waals surface area contributed by atoms with E-state index in [1.807, 2.05) is 24.3 Å². The van der Waals surface area contributed by atoms with Crippen LogP contribution in [-0.4, -0.2) is 15.9 Å². The summed E-state index contributed by atoms with van der Waals surface area (Å²) in [6.07, 6.45) is 0. The maximum atomic E-state index is 13.0.